The summed E-state index contributed by atoms with van der Waals surface area (Å²) in [5.41, 5.74) is -0.394. The Kier molecular flexibility index (Phi) is 7.09. The van der Waals surface area contributed by atoms with Crippen LogP contribution in [0.25, 0.3) is 0 Å². The predicted molar refractivity (Wildman–Crippen MR) is 89.8 cm³/mol. The Morgan fingerprint density at radius 2 is 1.84 bits per heavy atom. The van der Waals surface area contributed by atoms with Crippen molar-refractivity contribution in [2.45, 2.75) is 43.7 Å². The van der Waals surface area contributed by atoms with E-state index in [1.165, 1.54) is 32.4 Å². The molecule has 0 saturated heterocycles. The molecule has 2 N–H and O–H groups in total. The van der Waals surface area contributed by atoms with Crippen molar-refractivity contribution < 1.29 is 32.6 Å². The van der Waals surface area contributed by atoms with Gasteiger partial charge in [0.2, 0.25) is 10.0 Å². The lowest BCUT2D eigenvalue weighted by atomic mass is 10.0. The molecule has 0 aliphatic heterocycles. The van der Waals surface area contributed by atoms with Gasteiger partial charge in [0, 0.05) is 19.1 Å². The highest BCUT2D eigenvalue weighted by molar-refractivity contribution is 7.89. The van der Waals surface area contributed by atoms with Crippen molar-refractivity contribution in [3.63, 3.8) is 0 Å². The van der Waals surface area contributed by atoms with Gasteiger partial charge in [-0.15, -0.1) is 0 Å². The van der Waals surface area contributed by atoms with E-state index in [1.807, 2.05) is 0 Å². The van der Waals surface area contributed by atoms with Crippen molar-refractivity contribution in [2.24, 2.45) is 0 Å². The molecular formula is C16H23NO7S. The third-order valence-corrected chi connectivity index (χ3v) is 5.06. The van der Waals surface area contributed by atoms with Gasteiger partial charge in [0.1, 0.15) is 0 Å². The summed E-state index contributed by atoms with van der Waals surface area (Å²) >= 11 is 0. The van der Waals surface area contributed by atoms with Crippen molar-refractivity contribution in [1.29, 1.82) is 0 Å². The summed E-state index contributed by atoms with van der Waals surface area (Å²) in [5, 5.41) is 8.77. The molecule has 140 valence electrons. The number of benzene rings is 1. The zero-order chi connectivity index (χ0) is 19.3. The van der Waals surface area contributed by atoms with Crippen LogP contribution in [-0.2, 0) is 30.9 Å². The van der Waals surface area contributed by atoms with E-state index in [4.69, 9.17) is 9.84 Å². The smallest absolute Gasteiger partial charge is 0.337 e. The Hall–Kier alpha value is -1.97. The third-order valence-electron chi connectivity index (χ3n) is 3.38. The highest BCUT2D eigenvalue weighted by Gasteiger charge is 2.28. The number of carboxylic acid groups (broad SMARTS) is 1. The Bertz CT molecular complexity index is 741. The van der Waals surface area contributed by atoms with E-state index in [1.54, 1.807) is 13.8 Å². The largest absolute Gasteiger partial charge is 0.481 e. The van der Waals surface area contributed by atoms with Crippen LogP contribution in [0.3, 0.4) is 0 Å². The average Bonchev–Trinajstić information content (AvgIpc) is 2.51. The van der Waals surface area contributed by atoms with Crippen molar-refractivity contribution in [3.8, 4) is 0 Å². The molecular weight excluding hydrogens is 350 g/mol. The van der Waals surface area contributed by atoms with Crippen LogP contribution >= 0.6 is 0 Å². The number of aliphatic carboxylic acids is 1. The Morgan fingerprint density at radius 1 is 1.20 bits per heavy atom. The van der Waals surface area contributed by atoms with Crippen molar-refractivity contribution >= 4 is 22.0 Å². The van der Waals surface area contributed by atoms with Crippen LogP contribution in [0.1, 0.15) is 42.6 Å². The summed E-state index contributed by atoms with van der Waals surface area (Å²) in [7, 11) is -1.33. The first-order chi connectivity index (χ1) is 11.5. The molecule has 0 aromatic heterocycles. The number of carbonyl (C=O) groups is 2. The van der Waals surface area contributed by atoms with Crippen LogP contribution in [0.5, 0.6) is 0 Å². The predicted octanol–water partition coefficient (Wildman–Crippen LogP) is 1.54. The van der Waals surface area contributed by atoms with Gasteiger partial charge in [-0.25, -0.2) is 17.9 Å². The molecule has 0 atom stereocenters. The molecule has 0 aliphatic rings. The molecule has 0 unspecified atom stereocenters. The second kappa shape index (κ2) is 8.41. The zero-order valence-corrected chi connectivity index (χ0v) is 15.5. The fraction of sp³-hybridized carbons (Fsp3) is 0.500. The van der Waals surface area contributed by atoms with Gasteiger partial charge in [-0.1, -0.05) is 0 Å². The van der Waals surface area contributed by atoms with Gasteiger partial charge in [-0.2, -0.15) is 0 Å². The summed E-state index contributed by atoms with van der Waals surface area (Å²) in [4.78, 5) is 22.4. The number of sulfonamides is 1. The van der Waals surface area contributed by atoms with E-state index in [-0.39, 0.29) is 29.9 Å². The molecule has 0 radical (unpaired) electrons. The SMILES string of the molecule is COCc1cc(C(=O)OC)cc(S(=O)(=O)NC(C)(C)CCC(=O)O)c1. The second-order valence-corrected chi connectivity index (χ2v) is 7.86. The second-order valence-electron chi connectivity index (χ2n) is 6.17. The van der Waals surface area contributed by atoms with Crippen LogP contribution in [-0.4, -0.2) is 45.2 Å². The first-order valence-corrected chi connectivity index (χ1v) is 8.96. The van der Waals surface area contributed by atoms with Crippen LogP contribution in [0.4, 0.5) is 0 Å². The molecule has 1 rings (SSSR count). The molecule has 1 aromatic carbocycles. The van der Waals surface area contributed by atoms with Crippen molar-refractivity contribution in [2.75, 3.05) is 14.2 Å². The van der Waals surface area contributed by atoms with E-state index in [0.29, 0.717) is 5.56 Å². The molecule has 8 nitrogen and oxygen atoms in total. The number of esters is 1. The third kappa shape index (κ3) is 6.45. The van der Waals surface area contributed by atoms with Crippen LogP contribution in [0.15, 0.2) is 23.1 Å². The maximum atomic E-state index is 12.7. The fourth-order valence-electron chi connectivity index (χ4n) is 2.19. The number of hydrogen-bond acceptors (Lipinski definition) is 6. The highest BCUT2D eigenvalue weighted by Crippen LogP contribution is 2.21. The molecule has 9 heteroatoms. The Morgan fingerprint density at radius 3 is 2.36 bits per heavy atom. The van der Waals surface area contributed by atoms with Crippen LogP contribution in [0.2, 0.25) is 0 Å². The minimum atomic E-state index is -3.98. The maximum Gasteiger partial charge on any atom is 0.337 e. The summed E-state index contributed by atoms with van der Waals surface area (Å²) in [6.07, 6.45) is -0.0597. The van der Waals surface area contributed by atoms with Crippen LogP contribution in [0, 0.1) is 0 Å². The van der Waals surface area contributed by atoms with Crippen LogP contribution < -0.4 is 4.72 Å². The number of nitrogens with one attached hydrogen (secondary N) is 1. The van der Waals surface area contributed by atoms with E-state index in [2.05, 4.69) is 9.46 Å². The molecule has 0 heterocycles. The number of carboxylic acids is 1. The van der Waals surface area contributed by atoms with Gasteiger partial charge in [0.25, 0.3) is 0 Å². The summed E-state index contributed by atoms with van der Waals surface area (Å²) in [6, 6.07) is 4.09. The van der Waals surface area contributed by atoms with E-state index < -0.39 is 27.5 Å². The van der Waals surface area contributed by atoms with E-state index >= 15 is 0 Å². The average molecular weight is 373 g/mol. The topological polar surface area (TPSA) is 119 Å². The minimum Gasteiger partial charge on any atom is -0.481 e. The molecule has 0 fully saturated rings. The Balaban J connectivity index is 3.20. The molecule has 0 spiro atoms. The first-order valence-electron chi connectivity index (χ1n) is 7.48. The fourth-order valence-corrected chi connectivity index (χ4v) is 3.73. The number of ether oxygens (including phenoxy) is 2. The van der Waals surface area contributed by atoms with E-state index in [0.717, 1.165) is 0 Å². The number of rotatable bonds is 9. The summed E-state index contributed by atoms with van der Waals surface area (Å²) in [6.45, 7) is 3.30. The maximum absolute atomic E-state index is 12.7. The summed E-state index contributed by atoms with van der Waals surface area (Å²) < 4.78 is 37.4. The Labute approximate surface area is 147 Å². The molecule has 25 heavy (non-hydrogen) atoms. The monoisotopic (exact) mass is 373 g/mol. The number of methoxy groups -OCH3 is 2. The molecule has 1 aromatic rings. The summed E-state index contributed by atoms with van der Waals surface area (Å²) in [5.74, 6) is -1.68. The quantitative estimate of drug-likeness (QED) is 0.630. The molecule has 0 amide bonds. The highest BCUT2D eigenvalue weighted by atomic mass is 32.2. The van der Waals surface area contributed by atoms with Gasteiger partial charge < -0.3 is 14.6 Å². The number of hydrogen-bond donors (Lipinski definition) is 2. The van der Waals surface area contributed by atoms with Gasteiger partial charge >= 0.3 is 11.9 Å². The zero-order valence-electron chi connectivity index (χ0n) is 14.7. The lowest BCUT2D eigenvalue weighted by Gasteiger charge is -2.25. The van der Waals surface area contributed by atoms with Gasteiger partial charge in [-0.3, -0.25) is 4.79 Å². The van der Waals surface area contributed by atoms with Gasteiger partial charge in [-0.05, 0) is 44.0 Å². The lowest BCUT2D eigenvalue weighted by molar-refractivity contribution is -0.137. The molecule has 0 aliphatic carbocycles. The van der Waals surface area contributed by atoms with Crippen molar-refractivity contribution in [1.82, 2.24) is 4.72 Å². The lowest BCUT2D eigenvalue weighted by Crippen LogP contribution is -2.43. The number of carbonyl (C=O) groups excluding carboxylic acids is 1. The van der Waals surface area contributed by atoms with E-state index in [9.17, 15) is 18.0 Å². The van der Waals surface area contributed by atoms with Gasteiger partial charge in [0.15, 0.2) is 0 Å². The van der Waals surface area contributed by atoms with Crippen molar-refractivity contribution in [3.05, 3.63) is 29.3 Å². The molecule has 0 bridgehead atoms. The first kappa shape index (κ1) is 21.1. The molecule has 0 saturated carbocycles. The normalized spacial score (nSPS) is 12.0. The standard InChI is InChI=1S/C16H23NO7S/c1-16(2,6-5-14(18)19)17-25(21,22)13-8-11(10-23-3)7-12(9-13)15(20)24-4/h7-9,17H,5-6,10H2,1-4H3,(H,18,19). The van der Waals surface area contributed by atoms with Gasteiger partial charge in [0.05, 0.1) is 24.2 Å². The minimum absolute atomic E-state index is 0.0840.